The Morgan fingerprint density at radius 3 is 2.88 bits per heavy atom. The molecule has 0 heterocycles. The Kier molecular flexibility index (Phi) is 5.30. The molecule has 0 bridgehead atoms. The predicted octanol–water partition coefficient (Wildman–Crippen LogP) is 3.16. The molecule has 86 valence electrons. The summed E-state index contributed by atoms with van der Waals surface area (Å²) in [6, 6.07) is 7.95. The molecule has 0 aliphatic rings. The highest BCUT2D eigenvalue weighted by molar-refractivity contribution is 9.10. The van der Waals surface area contributed by atoms with E-state index < -0.39 is 0 Å². The van der Waals surface area contributed by atoms with Gasteiger partial charge in [0.15, 0.2) is 0 Å². The lowest BCUT2D eigenvalue weighted by Gasteiger charge is -2.15. The Morgan fingerprint density at radius 1 is 1.56 bits per heavy atom. The van der Waals surface area contributed by atoms with Crippen molar-refractivity contribution >= 4 is 21.6 Å². The fourth-order valence-electron chi connectivity index (χ4n) is 1.32. The highest BCUT2D eigenvalue weighted by atomic mass is 79.9. The lowest BCUT2D eigenvalue weighted by Crippen LogP contribution is -2.21. The van der Waals surface area contributed by atoms with E-state index in [9.17, 15) is 0 Å². The zero-order valence-electron chi connectivity index (χ0n) is 9.46. The first kappa shape index (κ1) is 13.0. The van der Waals surface area contributed by atoms with Crippen LogP contribution in [0.4, 0.5) is 5.69 Å². The topological polar surface area (TPSA) is 45.0 Å². The third-order valence-corrected chi connectivity index (χ3v) is 2.73. The van der Waals surface area contributed by atoms with Crippen LogP contribution in [0.15, 0.2) is 22.7 Å². The van der Waals surface area contributed by atoms with E-state index in [0.717, 1.165) is 16.8 Å². The van der Waals surface area contributed by atoms with E-state index in [0.29, 0.717) is 12.2 Å². The molecule has 0 saturated heterocycles. The first-order valence-corrected chi connectivity index (χ1v) is 6.00. The van der Waals surface area contributed by atoms with Gasteiger partial charge >= 0.3 is 0 Å². The van der Waals surface area contributed by atoms with Gasteiger partial charge in [0.05, 0.1) is 12.2 Å². The van der Waals surface area contributed by atoms with Crippen LogP contribution in [-0.4, -0.2) is 19.3 Å². The molecule has 1 aromatic rings. The molecule has 0 amide bonds. The molecule has 4 heteroatoms. The number of halogens is 1. The van der Waals surface area contributed by atoms with Crippen LogP contribution >= 0.6 is 15.9 Å². The summed E-state index contributed by atoms with van der Waals surface area (Å²) < 4.78 is 6.12. The average Bonchev–Trinajstić information content (AvgIpc) is 2.26. The molecule has 0 aliphatic heterocycles. The van der Waals surface area contributed by atoms with E-state index in [1.165, 1.54) is 0 Å². The number of rotatable bonds is 5. The van der Waals surface area contributed by atoms with Gasteiger partial charge in [0.25, 0.3) is 0 Å². The third-order valence-electron chi connectivity index (χ3n) is 2.07. The maximum atomic E-state index is 8.79. The fourth-order valence-corrected chi connectivity index (χ4v) is 1.78. The summed E-state index contributed by atoms with van der Waals surface area (Å²) in [6.07, 6.45) is 0. The lowest BCUT2D eigenvalue weighted by molar-refractivity contribution is 0.141. The molecule has 1 rings (SSSR count). The van der Waals surface area contributed by atoms with Crippen LogP contribution in [0.5, 0.6) is 0 Å². The van der Waals surface area contributed by atoms with Crippen LogP contribution in [0.25, 0.3) is 0 Å². The predicted molar refractivity (Wildman–Crippen MR) is 68.4 cm³/mol. The summed E-state index contributed by atoms with van der Waals surface area (Å²) >= 11 is 3.36. The highest BCUT2D eigenvalue weighted by Crippen LogP contribution is 2.21. The zero-order chi connectivity index (χ0) is 12.0. The van der Waals surface area contributed by atoms with E-state index >= 15 is 0 Å². The Hall–Kier alpha value is -1.05. The molecule has 3 nitrogen and oxygen atoms in total. The maximum absolute atomic E-state index is 8.79. The number of nitriles is 1. The quantitative estimate of drug-likeness (QED) is 0.902. The summed E-state index contributed by atoms with van der Waals surface area (Å²) in [5.41, 5.74) is 1.63. The van der Waals surface area contributed by atoms with Crippen LogP contribution < -0.4 is 5.32 Å². The highest BCUT2D eigenvalue weighted by Gasteiger charge is 2.04. The van der Waals surface area contributed by atoms with E-state index in [1.807, 2.05) is 19.1 Å². The van der Waals surface area contributed by atoms with Gasteiger partial charge in [-0.3, -0.25) is 0 Å². The van der Waals surface area contributed by atoms with Gasteiger partial charge in [-0.25, -0.2) is 0 Å². The lowest BCUT2D eigenvalue weighted by atomic mass is 10.2. The molecular weight excluding hydrogens is 268 g/mol. The molecule has 0 saturated carbocycles. The molecule has 0 aliphatic carbocycles. The van der Waals surface area contributed by atoms with Crippen LogP contribution in [0.1, 0.15) is 19.4 Å². The molecule has 1 aromatic carbocycles. The maximum Gasteiger partial charge on any atom is 0.100 e. The summed E-state index contributed by atoms with van der Waals surface area (Å²) in [7, 11) is 0. The molecule has 1 unspecified atom stereocenters. The number of hydrogen-bond acceptors (Lipinski definition) is 3. The smallest absolute Gasteiger partial charge is 0.100 e. The van der Waals surface area contributed by atoms with Crippen LogP contribution in [0.3, 0.4) is 0 Å². The number of hydrogen-bond donors (Lipinski definition) is 1. The number of nitrogens with zero attached hydrogens (tertiary/aromatic N) is 1. The van der Waals surface area contributed by atoms with E-state index in [4.69, 9.17) is 10.00 Å². The molecule has 0 spiro atoms. The van der Waals surface area contributed by atoms with Gasteiger partial charge in [-0.1, -0.05) is 0 Å². The van der Waals surface area contributed by atoms with E-state index in [1.54, 1.807) is 6.07 Å². The second-order valence-electron chi connectivity index (χ2n) is 3.51. The molecule has 0 radical (unpaired) electrons. The number of ether oxygens (including phenoxy) is 1. The first-order chi connectivity index (χ1) is 7.67. The summed E-state index contributed by atoms with van der Waals surface area (Å²) in [5, 5.41) is 12.1. The largest absolute Gasteiger partial charge is 0.380 e. The van der Waals surface area contributed by atoms with Crippen molar-refractivity contribution in [2.24, 2.45) is 0 Å². The van der Waals surface area contributed by atoms with E-state index in [2.05, 4.69) is 34.2 Å². The van der Waals surface area contributed by atoms with Crippen molar-refractivity contribution in [3.63, 3.8) is 0 Å². The molecule has 1 N–H and O–H groups in total. The Morgan fingerprint density at radius 2 is 2.31 bits per heavy atom. The summed E-state index contributed by atoms with van der Waals surface area (Å²) in [5.74, 6) is 0. The SMILES string of the molecule is CCOCC(C)Nc1ccc(C#N)c(Br)c1. The van der Waals surface area contributed by atoms with Crippen molar-refractivity contribution in [1.29, 1.82) is 5.26 Å². The van der Waals surface area contributed by atoms with Gasteiger partial charge in [-0.15, -0.1) is 0 Å². The Balaban J connectivity index is 2.61. The van der Waals surface area contributed by atoms with Gasteiger partial charge in [-0.05, 0) is 48.0 Å². The second-order valence-corrected chi connectivity index (χ2v) is 4.37. The van der Waals surface area contributed by atoms with Crippen LogP contribution in [-0.2, 0) is 4.74 Å². The second kappa shape index (κ2) is 6.51. The molecule has 1 atom stereocenters. The minimum Gasteiger partial charge on any atom is -0.380 e. The molecule has 0 fully saturated rings. The van der Waals surface area contributed by atoms with Gasteiger partial charge in [0.2, 0.25) is 0 Å². The third kappa shape index (κ3) is 3.84. The Bertz CT molecular complexity index is 387. The zero-order valence-corrected chi connectivity index (χ0v) is 11.0. The van der Waals surface area contributed by atoms with E-state index in [-0.39, 0.29) is 6.04 Å². The number of nitrogens with one attached hydrogen (secondary N) is 1. The molecular formula is C12H15BrN2O. The van der Waals surface area contributed by atoms with Crippen molar-refractivity contribution in [3.8, 4) is 6.07 Å². The number of benzene rings is 1. The molecule has 0 aromatic heterocycles. The normalized spacial score (nSPS) is 11.9. The minimum absolute atomic E-state index is 0.250. The Labute approximate surface area is 105 Å². The van der Waals surface area contributed by atoms with Gasteiger partial charge < -0.3 is 10.1 Å². The average molecular weight is 283 g/mol. The fraction of sp³-hybridized carbons (Fsp3) is 0.417. The van der Waals surface area contributed by atoms with Crippen LogP contribution in [0, 0.1) is 11.3 Å². The van der Waals surface area contributed by atoms with Gasteiger partial charge in [-0.2, -0.15) is 5.26 Å². The van der Waals surface area contributed by atoms with Crippen molar-refractivity contribution < 1.29 is 4.74 Å². The van der Waals surface area contributed by atoms with Crippen molar-refractivity contribution in [3.05, 3.63) is 28.2 Å². The summed E-state index contributed by atoms with van der Waals surface area (Å²) in [6.45, 7) is 5.43. The van der Waals surface area contributed by atoms with Crippen molar-refractivity contribution in [2.75, 3.05) is 18.5 Å². The molecule has 16 heavy (non-hydrogen) atoms. The van der Waals surface area contributed by atoms with Crippen molar-refractivity contribution in [2.45, 2.75) is 19.9 Å². The van der Waals surface area contributed by atoms with Gasteiger partial charge in [0.1, 0.15) is 6.07 Å². The summed E-state index contributed by atoms with van der Waals surface area (Å²) in [4.78, 5) is 0. The van der Waals surface area contributed by atoms with Crippen molar-refractivity contribution in [1.82, 2.24) is 0 Å². The standard InChI is InChI=1S/C12H15BrN2O/c1-3-16-8-9(2)15-11-5-4-10(7-14)12(13)6-11/h4-6,9,15H,3,8H2,1-2H3. The van der Waals surface area contributed by atoms with Crippen LogP contribution in [0.2, 0.25) is 0 Å². The number of anilines is 1. The minimum atomic E-state index is 0.250. The monoisotopic (exact) mass is 282 g/mol. The first-order valence-electron chi connectivity index (χ1n) is 5.21. The van der Waals surface area contributed by atoms with Gasteiger partial charge in [0, 0.05) is 22.8 Å².